The minimum absolute atomic E-state index is 0.149. The van der Waals surface area contributed by atoms with Crippen LogP contribution >= 0.6 is 7.60 Å². The van der Waals surface area contributed by atoms with Crippen molar-refractivity contribution >= 4 is 19.4 Å². The largest absolute Gasteiger partial charge is 0.354 e. The molecule has 1 fully saturated rings. The lowest BCUT2D eigenvalue weighted by atomic mass is 10.0. The van der Waals surface area contributed by atoms with Crippen molar-refractivity contribution in [2.24, 2.45) is 5.92 Å². The van der Waals surface area contributed by atoms with Gasteiger partial charge in [-0.15, -0.1) is 0 Å². The molecule has 0 bridgehead atoms. The van der Waals surface area contributed by atoms with Crippen LogP contribution in [0.15, 0.2) is 0 Å². The maximum atomic E-state index is 13.2. The molecule has 0 radical (unpaired) electrons. The zero-order valence-electron chi connectivity index (χ0n) is 20.3. The van der Waals surface area contributed by atoms with E-state index in [0.29, 0.717) is 32.2 Å². The summed E-state index contributed by atoms with van der Waals surface area (Å²) in [5.41, 5.74) is 0. The van der Waals surface area contributed by atoms with Gasteiger partial charge >= 0.3 is 7.60 Å². The van der Waals surface area contributed by atoms with Gasteiger partial charge in [-0.1, -0.05) is 78.6 Å². The summed E-state index contributed by atoms with van der Waals surface area (Å²) >= 11 is 0. The highest BCUT2D eigenvalue weighted by molar-refractivity contribution is 7.52. The lowest BCUT2D eigenvalue weighted by Crippen LogP contribution is -2.54. The molecular formula is C23H46N3O5P. The molecule has 3 atom stereocenters. The Labute approximate surface area is 194 Å². The van der Waals surface area contributed by atoms with Crippen molar-refractivity contribution in [1.29, 1.82) is 0 Å². The van der Waals surface area contributed by atoms with Crippen molar-refractivity contribution in [3.63, 3.8) is 0 Å². The van der Waals surface area contributed by atoms with Gasteiger partial charge in [0.15, 0.2) is 0 Å². The summed E-state index contributed by atoms with van der Waals surface area (Å²) in [4.78, 5) is 45.5. The van der Waals surface area contributed by atoms with Crippen LogP contribution in [0, 0.1) is 5.92 Å². The molecule has 5 N–H and O–H groups in total. The van der Waals surface area contributed by atoms with E-state index < -0.39 is 25.5 Å². The normalized spacial score (nSPS) is 21.6. The monoisotopic (exact) mass is 475 g/mol. The van der Waals surface area contributed by atoms with E-state index in [-0.39, 0.29) is 17.7 Å². The van der Waals surface area contributed by atoms with Gasteiger partial charge in [-0.2, -0.15) is 0 Å². The second kappa shape index (κ2) is 15.8. The fraction of sp³-hybridized carbons (Fsp3) is 0.913. The van der Waals surface area contributed by atoms with Gasteiger partial charge < -0.3 is 20.4 Å². The average molecular weight is 476 g/mol. The number of carbonyl (C=O) groups is 2. The highest BCUT2D eigenvalue weighted by atomic mass is 31.2. The van der Waals surface area contributed by atoms with E-state index in [2.05, 4.69) is 16.0 Å². The van der Waals surface area contributed by atoms with E-state index >= 15 is 0 Å². The summed E-state index contributed by atoms with van der Waals surface area (Å²) in [5.74, 6) is -1.45. The predicted octanol–water partition coefficient (Wildman–Crippen LogP) is 3.81. The van der Waals surface area contributed by atoms with Gasteiger partial charge in [0.1, 0.15) is 11.8 Å². The molecule has 0 aromatic carbocycles. The maximum absolute atomic E-state index is 13.2. The Bertz CT molecular complexity index is 596. The third-order valence-electron chi connectivity index (χ3n) is 6.01. The first-order chi connectivity index (χ1) is 15.1. The third-order valence-corrected chi connectivity index (χ3v) is 7.23. The molecule has 0 spiro atoms. The molecule has 1 aliphatic rings. The molecule has 188 valence electrons. The van der Waals surface area contributed by atoms with Crippen LogP contribution in [0.3, 0.4) is 0 Å². The number of carbonyl (C=O) groups excluding carboxylic acids is 2. The van der Waals surface area contributed by atoms with Crippen LogP contribution < -0.4 is 16.0 Å². The van der Waals surface area contributed by atoms with Gasteiger partial charge in [0.2, 0.25) is 11.8 Å². The molecule has 0 aromatic heterocycles. The predicted molar refractivity (Wildman–Crippen MR) is 128 cm³/mol. The molecular weight excluding hydrogens is 429 g/mol. The summed E-state index contributed by atoms with van der Waals surface area (Å²) in [7, 11) is -4.40. The van der Waals surface area contributed by atoms with Crippen LogP contribution in [-0.2, 0) is 14.2 Å². The lowest BCUT2D eigenvalue weighted by Gasteiger charge is -2.28. The van der Waals surface area contributed by atoms with Crippen molar-refractivity contribution < 1.29 is 23.9 Å². The van der Waals surface area contributed by atoms with E-state index in [0.717, 1.165) is 38.5 Å². The first kappa shape index (κ1) is 29.1. The second-order valence-corrected chi connectivity index (χ2v) is 11.4. The Balaban J connectivity index is 2.88. The smallest absolute Gasteiger partial charge is 0.342 e. The van der Waals surface area contributed by atoms with E-state index in [1.807, 2.05) is 20.8 Å². The van der Waals surface area contributed by atoms with Crippen molar-refractivity contribution in [2.75, 3.05) is 6.54 Å². The van der Waals surface area contributed by atoms with Gasteiger partial charge in [-0.25, -0.2) is 0 Å². The first-order valence-corrected chi connectivity index (χ1v) is 14.2. The highest BCUT2D eigenvalue weighted by Crippen LogP contribution is 2.42. The van der Waals surface area contributed by atoms with Crippen LogP contribution in [0.2, 0.25) is 0 Å². The summed E-state index contributed by atoms with van der Waals surface area (Å²) < 4.78 is 12.0. The molecule has 9 heteroatoms. The molecule has 2 unspecified atom stereocenters. The van der Waals surface area contributed by atoms with E-state index in [1.165, 1.54) is 19.3 Å². The number of amides is 2. The SMILES string of the molecule is CCCCC(N[C@@H](CC(C)C)C(=O)NC1CCCCCCCCCCNC1=O)P(=O)(O)O. The standard InChI is InChI=1S/C23H46N3O5P/c1-4-5-15-21(32(29,30)31)25-20(17-18(2)3)23(28)26-19-14-12-10-8-6-7-9-11-13-16-24-22(19)27/h18-21,25H,4-17H2,1-3H3,(H,24,27)(H,26,28)(H2,29,30,31)/t19?,20-,21?/m0/s1. The summed E-state index contributed by atoms with van der Waals surface area (Å²) in [6, 6.07) is -1.38. The Kier molecular flexibility index (Phi) is 14.4. The van der Waals surface area contributed by atoms with Crippen molar-refractivity contribution in [1.82, 2.24) is 16.0 Å². The van der Waals surface area contributed by atoms with Crippen LogP contribution in [-0.4, -0.2) is 46.0 Å². The molecule has 8 nitrogen and oxygen atoms in total. The van der Waals surface area contributed by atoms with Crippen LogP contribution in [0.1, 0.15) is 104 Å². The number of hydrogen-bond donors (Lipinski definition) is 5. The van der Waals surface area contributed by atoms with Crippen molar-refractivity contribution in [3.05, 3.63) is 0 Å². The van der Waals surface area contributed by atoms with E-state index in [9.17, 15) is 23.9 Å². The van der Waals surface area contributed by atoms with Gasteiger partial charge in [0.25, 0.3) is 0 Å². The van der Waals surface area contributed by atoms with Crippen molar-refractivity contribution in [2.45, 2.75) is 122 Å². The molecule has 0 aromatic rings. The fourth-order valence-corrected chi connectivity index (χ4v) is 5.00. The van der Waals surface area contributed by atoms with Gasteiger partial charge in [0, 0.05) is 6.54 Å². The molecule has 1 aliphatic heterocycles. The maximum Gasteiger partial charge on any atom is 0.342 e. The summed E-state index contributed by atoms with van der Waals surface area (Å²) in [6.07, 6.45) is 11.5. The molecule has 0 aliphatic carbocycles. The number of unbranched alkanes of at least 4 members (excludes halogenated alkanes) is 1. The molecule has 2 amide bonds. The highest BCUT2D eigenvalue weighted by Gasteiger charge is 2.34. The average Bonchev–Trinajstić information content (AvgIpc) is 2.72. The molecule has 1 heterocycles. The quantitative estimate of drug-likeness (QED) is 0.306. The van der Waals surface area contributed by atoms with Crippen LogP contribution in [0.25, 0.3) is 0 Å². The molecule has 32 heavy (non-hydrogen) atoms. The number of nitrogens with one attached hydrogen (secondary N) is 3. The van der Waals surface area contributed by atoms with Gasteiger partial charge in [-0.05, 0) is 31.6 Å². The number of rotatable bonds is 10. The van der Waals surface area contributed by atoms with Crippen molar-refractivity contribution in [3.8, 4) is 0 Å². The van der Waals surface area contributed by atoms with Gasteiger partial charge in [0.05, 0.1) is 6.04 Å². The molecule has 1 saturated heterocycles. The van der Waals surface area contributed by atoms with Crippen LogP contribution in [0.5, 0.6) is 0 Å². The Hall–Kier alpha value is -0.950. The Morgan fingerprint density at radius 1 is 1.09 bits per heavy atom. The topological polar surface area (TPSA) is 128 Å². The second-order valence-electron chi connectivity index (χ2n) is 9.57. The van der Waals surface area contributed by atoms with Gasteiger partial charge in [-0.3, -0.25) is 19.5 Å². The summed E-state index contributed by atoms with van der Waals surface area (Å²) in [6.45, 7) is 6.49. The third kappa shape index (κ3) is 12.3. The fourth-order valence-electron chi connectivity index (χ4n) is 4.11. The Morgan fingerprint density at radius 2 is 1.69 bits per heavy atom. The zero-order valence-corrected chi connectivity index (χ0v) is 21.2. The summed E-state index contributed by atoms with van der Waals surface area (Å²) in [5, 5.41) is 8.77. The van der Waals surface area contributed by atoms with E-state index in [1.54, 1.807) is 0 Å². The minimum atomic E-state index is -4.40. The molecule has 1 rings (SSSR count). The van der Waals surface area contributed by atoms with Crippen LogP contribution in [0.4, 0.5) is 0 Å². The molecule has 0 saturated carbocycles. The lowest BCUT2D eigenvalue weighted by molar-refractivity contribution is -0.130. The zero-order chi connectivity index (χ0) is 24.0. The first-order valence-electron chi connectivity index (χ1n) is 12.5. The Morgan fingerprint density at radius 3 is 2.25 bits per heavy atom. The minimum Gasteiger partial charge on any atom is -0.354 e. The van der Waals surface area contributed by atoms with E-state index in [4.69, 9.17) is 0 Å². The number of hydrogen-bond acceptors (Lipinski definition) is 4.